The third kappa shape index (κ3) is 2.03. The van der Waals surface area contributed by atoms with Crippen LogP contribution >= 0.6 is 0 Å². The summed E-state index contributed by atoms with van der Waals surface area (Å²) in [6.07, 6.45) is 2.42. The van der Waals surface area contributed by atoms with Crippen molar-refractivity contribution in [3.05, 3.63) is 11.3 Å². The van der Waals surface area contributed by atoms with Crippen LogP contribution in [-0.4, -0.2) is 18.0 Å². The zero-order valence-electron chi connectivity index (χ0n) is 8.91. The highest BCUT2D eigenvalue weighted by molar-refractivity contribution is 5.69. The lowest BCUT2D eigenvalue weighted by atomic mass is 9.70. The van der Waals surface area contributed by atoms with Crippen molar-refractivity contribution >= 4 is 11.9 Å². The smallest absolute Gasteiger partial charge is 0.307 e. The standard InChI is InChI=1S/C11H14O4/c1-6(12)14-10-5-8-3-9(4-8)11(10)15-7(2)13/h8,10H,3-5H2,1-2H3. The van der Waals surface area contributed by atoms with Crippen LogP contribution in [0.15, 0.2) is 11.3 Å². The molecule has 82 valence electrons. The van der Waals surface area contributed by atoms with Crippen molar-refractivity contribution in [3.8, 4) is 0 Å². The Labute approximate surface area is 88.2 Å². The number of carbonyl (C=O) groups is 2. The first kappa shape index (κ1) is 10.2. The molecule has 3 aliphatic carbocycles. The van der Waals surface area contributed by atoms with Gasteiger partial charge in [-0.3, -0.25) is 9.59 Å². The first-order valence-electron chi connectivity index (χ1n) is 5.14. The molecule has 0 saturated heterocycles. The molecule has 3 aliphatic rings. The lowest BCUT2D eigenvalue weighted by molar-refractivity contribution is -0.153. The minimum Gasteiger partial charge on any atom is -0.454 e. The summed E-state index contributed by atoms with van der Waals surface area (Å²) in [6.45, 7) is 2.74. The Morgan fingerprint density at radius 1 is 1.20 bits per heavy atom. The van der Waals surface area contributed by atoms with Gasteiger partial charge in [0.1, 0.15) is 5.76 Å². The van der Waals surface area contributed by atoms with Crippen LogP contribution in [-0.2, 0) is 19.1 Å². The van der Waals surface area contributed by atoms with Gasteiger partial charge in [0.25, 0.3) is 0 Å². The van der Waals surface area contributed by atoms with Gasteiger partial charge < -0.3 is 9.47 Å². The predicted molar refractivity (Wildman–Crippen MR) is 51.7 cm³/mol. The summed E-state index contributed by atoms with van der Waals surface area (Å²) < 4.78 is 10.2. The number of hydrogen-bond acceptors (Lipinski definition) is 4. The van der Waals surface area contributed by atoms with E-state index in [-0.39, 0.29) is 18.0 Å². The van der Waals surface area contributed by atoms with Crippen LogP contribution in [0.3, 0.4) is 0 Å². The van der Waals surface area contributed by atoms with Crippen LogP contribution in [0.25, 0.3) is 0 Å². The Balaban J connectivity index is 2.13. The van der Waals surface area contributed by atoms with Gasteiger partial charge in [0, 0.05) is 13.8 Å². The van der Waals surface area contributed by atoms with Crippen molar-refractivity contribution in [1.29, 1.82) is 0 Å². The molecule has 0 N–H and O–H groups in total. The number of esters is 2. The van der Waals surface area contributed by atoms with Gasteiger partial charge in [-0.1, -0.05) is 0 Å². The van der Waals surface area contributed by atoms with Crippen LogP contribution in [0.2, 0.25) is 0 Å². The van der Waals surface area contributed by atoms with Crippen molar-refractivity contribution < 1.29 is 19.1 Å². The van der Waals surface area contributed by atoms with Gasteiger partial charge >= 0.3 is 11.9 Å². The molecule has 0 radical (unpaired) electrons. The molecule has 0 aliphatic heterocycles. The molecular formula is C11H14O4. The van der Waals surface area contributed by atoms with Gasteiger partial charge in [-0.05, 0) is 30.8 Å². The summed E-state index contributed by atoms with van der Waals surface area (Å²) >= 11 is 0. The van der Waals surface area contributed by atoms with E-state index in [4.69, 9.17) is 9.47 Å². The van der Waals surface area contributed by atoms with E-state index in [1.807, 2.05) is 0 Å². The number of rotatable bonds is 2. The Morgan fingerprint density at radius 3 is 2.40 bits per heavy atom. The van der Waals surface area contributed by atoms with Crippen LogP contribution in [0.5, 0.6) is 0 Å². The largest absolute Gasteiger partial charge is 0.454 e. The molecule has 15 heavy (non-hydrogen) atoms. The average Bonchev–Trinajstić information content (AvgIpc) is 2.03. The zero-order valence-corrected chi connectivity index (χ0v) is 8.91. The van der Waals surface area contributed by atoms with E-state index in [9.17, 15) is 9.59 Å². The molecule has 4 nitrogen and oxygen atoms in total. The second kappa shape index (κ2) is 3.68. The molecule has 1 atom stereocenters. The molecule has 0 spiro atoms. The number of hydrogen-bond donors (Lipinski definition) is 0. The summed E-state index contributed by atoms with van der Waals surface area (Å²) in [5, 5.41) is 0. The first-order valence-corrected chi connectivity index (χ1v) is 5.14. The fraction of sp³-hybridized carbons (Fsp3) is 0.636. The van der Waals surface area contributed by atoms with Crippen LogP contribution in [0.1, 0.15) is 33.1 Å². The first-order chi connectivity index (χ1) is 7.06. The maximum absolute atomic E-state index is 10.9. The molecule has 1 unspecified atom stereocenters. The Hall–Kier alpha value is -1.32. The minimum absolute atomic E-state index is 0.327. The Kier molecular flexibility index (Phi) is 2.50. The molecule has 0 aromatic carbocycles. The second-order valence-electron chi connectivity index (χ2n) is 4.17. The van der Waals surface area contributed by atoms with E-state index in [1.54, 1.807) is 0 Å². The highest BCUT2D eigenvalue weighted by Gasteiger charge is 2.40. The topological polar surface area (TPSA) is 52.6 Å². The normalized spacial score (nSPS) is 28.1. The molecule has 3 rings (SSSR count). The monoisotopic (exact) mass is 210 g/mol. The van der Waals surface area contributed by atoms with Crippen molar-refractivity contribution in [2.24, 2.45) is 5.92 Å². The van der Waals surface area contributed by atoms with Gasteiger partial charge in [0.15, 0.2) is 6.10 Å². The summed E-state index contributed by atoms with van der Waals surface area (Å²) in [7, 11) is 0. The van der Waals surface area contributed by atoms with Crippen LogP contribution in [0.4, 0.5) is 0 Å². The van der Waals surface area contributed by atoms with Gasteiger partial charge in [-0.25, -0.2) is 0 Å². The van der Waals surface area contributed by atoms with E-state index >= 15 is 0 Å². The minimum atomic E-state index is -0.347. The molecule has 2 bridgehead atoms. The van der Waals surface area contributed by atoms with E-state index in [0.717, 1.165) is 24.8 Å². The van der Waals surface area contributed by atoms with E-state index in [2.05, 4.69) is 0 Å². The van der Waals surface area contributed by atoms with Crippen molar-refractivity contribution in [2.45, 2.75) is 39.2 Å². The Morgan fingerprint density at radius 2 is 1.87 bits per heavy atom. The average molecular weight is 210 g/mol. The number of allylic oxidation sites excluding steroid dienone is 1. The highest BCUT2D eigenvalue weighted by Crippen LogP contribution is 2.46. The number of ether oxygens (including phenoxy) is 2. The van der Waals surface area contributed by atoms with Crippen molar-refractivity contribution in [1.82, 2.24) is 0 Å². The molecule has 1 saturated carbocycles. The van der Waals surface area contributed by atoms with Gasteiger partial charge in [-0.15, -0.1) is 0 Å². The third-order valence-corrected chi connectivity index (χ3v) is 2.82. The van der Waals surface area contributed by atoms with Gasteiger partial charge in [0.05, 0.1) is 0 Å². The number of fused-ring (bicyclic) bond motifs is 2. The lowest BCUT2D eigenvalue weighted by Crippen LogP contribution is -2.36. The SMILES string of the molecule is CC(=O)OC1=C2CC(C2)CC1OC(C)=O. The van der Waals surface area contributed by atoms with E-state index in [0.29, 0.717) is 11.7 Å². The van der Waals surface area contributed by atoms with Crippen LogP contribution in [0, 0.1) is 5.92 Å². The molecule has 0 amide bonds. The highest BCUT2D eigenvalue weighted by atomic mass is 16.6. The predicted octanol–water partition coefficient (Wildman–Crippen LogP) is 1.55. The molecule has 1 fully saturated rings. The molecule has 0 aromatic rings. The maximum Gasteiger partial charge on any atom is 0.307 e. The molecule has 0 aromatic heterocycles. The quantitative estimate of drug-likeness (QED) is 0.649. The van der Waals surface area contributed by atoms with E-state index < -0.39 is 0 Å². The van der Waals surface area contributed by atoms with Crippen LogP contribution < -0.4 is 0 Å². The summed E-state index contributed by atoms with van der Waals surface area (Å²) in [5.41, 5.74) is 1.13. The molecule has 0 heterocycles. The fourth-order valence-corrected chi connectivity index (χ4v) is 2.24. The summed E-state index contributed by atoms with van der Waals surface area (Å²) in [4.78, 5) is 21.8. The summed E-state index contributed by atoms with van der Waals surface area (Å²) in [5.74, 6) is 0.510. The lowest BCUT2D eigenvalue weighted by Gasteiger charge is -2.40. The van der Waals surface area contributed by atoms with Gasteiger partial charge in [-0.2, -0.15) is 0 Å². The number of carbonyl (C=O) groups excluding carboxylic acids is 2. The van der Waals surface area contributed by atoms with E-state index in [1.165, 1.54) is 13.8 Å². The zero-order chi connectivity index (χ0) is 11.0. The third-order valence-electron chi connectivity index (χ3n) is 2.82. The fourth-order valence-electron chi connectivity index (χ4n) is 2.24. The summed E-state index contributed by atoms with van der Waals surface area (Å²) in [6, 6.07) is 0. The molecule has 4 heteroatoms. The Bertz CT molecular complexity index is 334. The molecular weight excluding hydrogens is 196 g/mol. The maximum atomic E-state index is 10.9. The second-order valence-corrected chi connectivity index (χ2v) is 4.17. The van der Waals surface area contributed by atoms with Gasteiger partial charge in [0.2, 0.25) is 0 Å². The van der Waals surface area contributed by atoms with Crippen molar-refractivity contribution in [2.75, 3.05) is 0 Å². The van der Waals surface area contributed by atoms with Crippen molar-refractivity contribution in [3.63, 3.8) is 0 Å².